The van der Waals surface area contributed by atoms with Crippen molar-refractivity contribution in [3.05, 3.63) is 29.1 Å². The molecule has 1 aromatic heterocycles. The fraction of sp³-hybridized carbons (Fsp3) is 0.533. The summed E-state index contributed by atoms with van der Waals surface area (Å²) in [6.07, 6.45) is 4.31. The Morgan fingerprint density at radius 2 is 2.42 bits per heavy atom. The lowest BCUT2D eigenvalue weighted by Crippen LogP contribution is -2.40. The molecule has 1 unspecified atom stereocenters. The third kappa shape index (κ3) is 3.98. The number of nitrogens with zero attached hydrogens (tertiary/aromatic N) is 4. The first-order valence-electron chi connectivity index (χ1n) is 7.84. The van der Waals surface area contributed by atoms with Crippen molar-refractivity contribution in [3.8, 4) is 0 Å². The van der Waals surface area contributed by atoms with Crippen LogP contribution in [0.25, 0.3) is 0 Å². The lowest BCUT2D eigenvalue weighted by Gasteiger charge is -2.32. The molecule has 1 N–H and O–H groups in total. The van der Waals surface area contributed by atoms with E-state index in [9.17, 15) is 14.9 Å². The van der Waals surface area contributed by atoms with Crippen LogP contribution < -0.4 is 10.2 Å². The Kier molecular flexibility index (Phi) is 6.05. The zero-order valence-corrected chi connectivity index (χ0v) is 13.6. The van der Waals surface area contributed by atoms with E-state index < -0.39 is 4.92 Å². The van der Waals surface area contributed by atoms with Gasteiger partial charge >= 0.3 is 11.7 Å². The fourth-order valence-corrected chi connectivity index (χ4v) is 2.69. The lowest BCUT2D eigenvalue weighted by atomic mass is 9.98. The number of hydrogen-bond donors (Lipinski definition) is 1. The van der Waals surface area contributed by atoms with E-state index in [2.05, 4.69) is 21.9 Å². The average Bonchev–Trinajstić information content (AvgIpc) is 2.59. The Labute approximate surface area is 139 Å². The Hall–Kier alpha value is -2.71. The molecule has 1 atom stereocenters. The van der Waals surface area contributed by atoms with Crippen molar-refractivity contribution in [2.24, 2.45) is 5.92 Å². The fourth-order valence-electron chi connectivity index (χ4n) is 2.69. The molecule has 0 bridgehead atoms. The number of carbonyl (C=O) groups excluding carboxylic acids is 1. The Morgan fingerprint density at radius 1 is 1.62 bits per heavy atom. The largest absolute Gasteiger partial charge is 0.466 e. The number of nitro groups is 1. The second-order valence-electron chi connectivity index (χ2n) is 5.36. The molecule has 9 nitrogen and oxygen atoms in total. The highest BCUT2D eigenvalue weighted by Gasteiger charge is 2.33. The summed E-state index contributed by atoms with van der Waals surface area (Å²) in [6, 6.07) is 0. The summed E-state index contributed by atoms with van der Waals surface area (Å²) in [6.45, 7) is 6.93. The molecule has 0 aromatic carbocycles. The molecule has 1 fully saturated rings. The van der Waals surface area contributed by atoms with E-state index in [1.54, 1.807) is 17.9 Å². The molecule has 9 heteroatoms. The molecule has 0 spiro atoms. The highest BCUT2D eigenvalue weighted by molar-refractivity contribution is 5.75. The van der Waals surface area contributed by atoms with Gasteiger partial charge in [-0.15, -0.1) is 6.58 Å². The van der Waals surface area contributed by atoms with Gasteiger partial charge < -0.3 is 15.0 Å². The molecular weight excluding hydrogens is 314 g/mol. The number of nitrogens with one attached hydrogen (secondary N) is 1. The summed E-state index contributed by atoms with van der Waals surface area (Å²) in [5.74, 6) is -0.222. The summed E-state index contributed by atoms with van der Waals surface area (Å²) in [5, 5.41) is 14.4. The van der Waals surface area contributed by atoms with Crippen LogP contribution in [0, 0.1) is 16.0 Å². The van der Waals surface area contributed by atoms with Gasteiger partial charge in [-0.2, -0.15) is 0 Å². The van der Waals surface area contributed by atoms with E-state index in [1.165, 1.54) is 6.33 Å². The van der Waals surface area contributed by atoms with E-state index in [1.807, 2.05) is 0 Å². The van der Waals surface area contributed by atoms with Crippen molar-refractivity contribution in [2.45, 2.75) is 19.8 Å². The number of anilines is 2. The molecule has 130 valence electrons. The van der Waals surface area contributed by atoms with Crippen LogP contribution in [0.4, 0.5) is 17.3 Å². The van der Waals surface area contributed by atoms with Gasteiger partial charge in [0.15, 0.2) is 0 Å². The number of rotatable bonds is 7. The average molecular weight is 335 g/mol. The van der Waals surface area contributed by atoms with Gasteiger partial charge in [-0.25, -0.2) is 9.97 Å². The standard InChI is InChI=1S/C15H21N5O4/c1-3-7-16-13-12(20(22)23)14(18-10-17-13)19-8-5-6-11(9-19)15(21)24-4-2/h3,10-11H,1,4-9H2,2H3,(H,16,17,18). The zero-order chi connectivity index (χ0) is 17.5. The third-order valence-corrected chi connectivity index (χ3v) is 3.74. The minimum atomic E-state index is -0.505. The summed E-state index contributed by atoms with van der Waals surface area (Å²) in [4.78, 5) is 32.8. The molecule has 0 saturated carbocycles. The van der Waals surface area contributed by atoms with Crippen molar-refractivity contribution in [1.29, 1.82) is 0 Å². The third-order valence-electron chi connectivity index (χ3n) is 3.74. The first-order valence-corrected chi connectivity index (χ1v) is 7.84. The van der Waals surface area contributed by atoms with E-state index in [0.717, 1.165) is 6.42 Å². The van der Waals surface area contributed by atoms with E-state index in [4.69, 9.17) is 4.74 Å². The number of piperidine rings is 1. The molecule has 2 heterocycles. The van der Waals surface area contributed by atoms with Gasteiger partial charge in [-0.3, -0.25) is 14.9 Å². The van der Waals surface area contributed by atoms with Crippen LogP contribution in [0.1, 0.15) is 19.8 Å². The minimum Gasteiger partial charge on any atom is -0.466 e. The van der Waals surface area contributed by atoms with Gasteiger partial charge in [-0.05, 0) is 19.8 Å². The number of carbonyl (C=O) groups is 1. The first kappa shape index (κ1) is 17.6. The van der Waals surface area contributed by atoms with Crippen LogP contribution in [-0.4, -0.2) is 47.1 Å². The second kappa shape index (κ2) is 8.23. The van der Waals surface area contributed by atoms with Gasteiger partial charge in [-0.1, -0.05) is 6.08 Å². The molecule has 2 rings (SSSR count). The van der Waals surface area contributed by atoms with Crippen molar-refractivity contribution in [3.63, 3.8) is 0 Å². The highest BCUT2D eigenvalue weighted by atomic mass is 16.6. The topological polar surface area (TPSA) is 110 Å². The monoisotopic (exact) mass is 335 g/mol. The minimum absolute atomic E-state index is 0.142. The molecule has 1 aliphatic rings. The SMILES string of the molecule is C=CCNc1ncnc(N2CCCC(C(=O)OCC)C2)c1[N+](=O)[O-]. The maximum Gasteiger partial charge on any atom is 0.353 e. The molecule has 0 radical (unpaired) electrons. The Balaban J connectivity index is 2.28. The van der Waals surface area contributed by atoms with Gasteiger partial charge in [0.25, 0.3) is 0 Å². The predicted molar refractivity (Wildman–Crippen MR) is 88.9 cm³/mol. The maximum atomic E-state index is 12.0. The van der Waals surface area contributed by atoms with Crippen LogP contribution in [-0.2, 0) is 9.53 Å². The number of aromatic nitrogens is 2. The van der Waals surface area contributed by atoms with Gasteiger partial charge in [0.05, 0.1) is 17.4 Å². The Bertz CT molecular complexity index is 622. The van der Waals surface area contributed by atoms with Gasteiger partial charge in [0.1, 0.15) is 6.33 Å². The van der Waals surface area contributed by atoms with Crippen LogP contribution in [0.15, 0.2) is 19.0 Å². The van der Waals surface area contributed by atoms with Gasteiger partial charge in [0, 0.05) is 19.6 Å². The molecule has 1 aromatic rings. The quantitative estimate of drug-likeness (QED) is 0.347. The molecule has 24 heavy (non-hydrogen) atoms. The van der Waals surface area contributed by atoms with Crippen molar-refractivity contribution >= 4 is 23.3 Å². The zero-order valence-electron chi connectivity index (χ0n) is 13.6. The van der Waals surface area contributed by atoms with Crippen LogP contribution in [0.2, 0.25) is 0 Å². The lowest BCUT2D eigenvalue weighted by molar-refractivity contribution is -0.383. The number of hydrogen-bond acceptors (Lipinski definition) is 8. The predicted octanol–water partition coefficient (Wildman–Crippen LogP) is 1.76. The van der Waals surface area contributed by atoms with E-state index in [-0.39, 0.29) is 29.2 Å². The van der Waals surface area contributed by atoms with Crippen LogP contribution >= 0.6 is 0 Å². The first-order chi connectivity index (χ1) is 11.6. The molecule has 1 saturated heterocycles. The summed E-state index contributed by atoms with van der Waals surface area (Å²) < 4.78 is 5.06. The smallest absolute Gasteiger partial charge is 0.353 e. The maximum absolute atomic E-state index is 12.0. The second-order valence-corrected chi connectivity index (χ2v) is 5.36. The summed E-state index contributed by atoms with van der Waals surface area (Å²) in [7, 11) is 0. The molecule has 0 aliphatic carbocycles. The molecule has 1 aliphatic heterocycles. The normalized spacial score (nSPS) is 17.2. The Morgan fingerprint density at radius 3 is 3.08 bits per heavy atom. The van der Waals surface area contributed by atoms with E-state index >= 15 is 0 Å². The highest BCUT2D eigenvalue weighted by Crippen LogP contribution is 2.34. The summed E-state index contributed by atoms with van der Waals surface area (Å²) in [5.41, 5.74) is -0.191. The number of ether oxygens (including phenoxy) is 1. The van der Waals surface area contributed by atoms with E-state index in [0.29, 0.717) is 32.7 Å². The van der Waals surface area contributed by atoms with Crippen LogP contribution in [0.3, 0.4) is 0 Å². The van der Waals surface area contributed by atoms with Crippen molar-refractivity contribution < 1.29 is 14.5 Å². The molecule has 0 amide bonds. The van der Waals surface area contributed by atoms with Crippen LogP contribution in [0.5, 0.6) is 0 Å². The number of esters is 1. The van der Waals surface area contributed by atoms with Gasteiger partial charge in [0.2, 0.25) is 11.6 Å². The van der Waals surface area contributed by atoms with Crippen molar-refractivity contribution in [1.82, 2.24) is 9.97 Å². The molecular formula is C15H21N5O4. The summed E-state index contributed by atoms with van der Waals surface area (Å²) >= 11 is 0. The van der Waals surface area contributed by atoms with Crippen molar-refractivity contribution in [2.75, 3.05) is 36.5 Å².